The largest absolute Gasteiger partial charge is 0.309 e. The molecule has 0 fully saturated rings. The van der Waals surface area contributed by atoms with Crippen molar-refractivity contribution in [2.75, 3.05) is 15.7 Å². The van der Waals surface area contributed by atoms with Crippen LogP contribution in [0.1, 0.15) is 31.9 Å². The molecule has 0 radical (unpaired) electrons. The summed E-state index contributed by atoms with van der Waals surface area (Å²) in [4.78, 5) is 13.9. The van der Waals surface area contributed by atoms with Gasteiger partial charge in [-0.25, -0.2) is 8.42 Å². The molecule has 0 aromatic heterocycles. The number of halogens is 1. The second-order valence-electron chi connectivity index (χ2n) is 6.86. The summed E-state index contributed by atoms with van der Waals surface area (Å²) in [5.41, 5.74) is 3.27. The van der Waals surface area contributed by atoms with E-state index in [1.54, 1.807) is 17.0 Å². The molecule has 27 heavy (non-hydrogen) atoms. The van der Waals surface area contributed by atoms with Gasteiger partial charge in [-0.1, -0.05) is 12.1 Å². The molecule has 3 rings (SSSR count). The van der Waals surface area contributed by atoms with E-state index in [-0.39, 0.29) is 16.8 Å². The zero-order chi connectivity index (χ0) is 19.9. The minimum Gasteiger partial charge on any atom is -0.309 e. The Morgan fingerprint density at radius 1 is 1.30 bits per heavy atom. The lowest BCUT2D eigenvalue weighted by molar-refractivity contribution is -0.116. The Morgan fingerprint density at radius 3 is 2.59 bits per heavy atom. The van der Waals surface area contributed by atoms with Gasteiger partial charge in [0.15, 0.2) is 0 Å². The zero-order valence-electron chi connectivity index (χ0n) is 15.9. The average Bonchev–Trinajstić information content (AvgIpc) is 2.89. The van der Waals surface area contributed by atoms with Gasteiger partial charge in [0.05, 0.1) is 5.69 Å². The van der Waals surface area contributed by atoms with Crippen LogP contribution in [0.25, 0.3) is 0 Å². The molecule has 0 aliphatic carbocycles. The third kappa shape index (κ3) is 3.50. The van der Waals surface area contributed by atoms with Crippen LogP contribution < -0.4 is 9.21 Å². The van der Waals surface area contributed by atoms with E-state index < -0.39 is 10.0 Å². The monoisotopic (exact) mass is 450 g/mol. The van der Waals surface area contributed by atoms with Gasteiger partial charge in [-0.05, 0) is 78.5 Å². The van der Waals surface area contributed by atoms with Crippen LogP contribution in [0.5, 0.6) is 0 Å². The third-order valence-corrected chi connectivity index (χ3v) is 7.69. The number of anilines is 2. The minimum atomic E-state index is -3.79. The molecule has 2 aromatic carbocycles. The van der Waals surface area contributed by atoms with Crippen molar-refractivity contribution < 1.29 is 13.2 Å². The molecule has 0 bridgehead atoms. The first-order valence-electron chi connectivity index (χ1n) is 8.88. The average molecular weight is 451 g/mol. The molecule has 0 N–H and O–H groups in total. The Bertz CT molecular complexity index is 1000. The van der Waals surface area contributed by atoms with Crippen LogP contribution in [0, 0.1) is 6.92 Å². The highest BCUT2D eigenvalue weighted by Crippen LogP contribution is 2.39. The van der Waals surface area contributed by atoms with Gasteiger partial charge in [-0.15, -0.1) is 0 Å². The van der Waals surface area contributed by atoms with Crippen LogP contribution in [-0.2, 0) is 21.2 Å². The molecule has 0 saturated heterocycles. The Kier molecular flexibility index (Phi) is 5.36. The van der Waals surface area contributed by atoms with Gasteiger partial charge in [0, 0.05) is 29.7 Å². The van der Waals surface area contributed by atoms with Crippen LogP contribution in [0.3, 0.4) is 0 Å². The Labute approximate surface area is 169 Å². The fourth-order valence-electron chi connectivity index (χ4n) is 3.69. The first-order valence-corrected chi connectivity index (χ1v) is 11.1. The summed E-state index contributed by atoms with van der Waals surface area (Å²) >= 11 is 3.44. The van der Waals surface area contributed by atoms with Crippen molar-refractivity contribution >= 4 is 43.2 Å². The lowest BCUT2D eigenvalue weighted by atomic mass is 10.1. The molecule has 0 spiro atoms. The van der Waals surface area contributed by atoms with Crippen LogP contribution in [0.4, 0.5) is 11.4 Å². The van der Waals surface area contributed by atoms with Gasteiger partial charge >= 0.3 is 0 Å². The zero-order valence-corrected chi connectivity index (χ0v) is 18.3. The summed E-state index contributed by atoms with van der Waals surface area (Å²) in [7, 11) is -3.79. The number of carbonyl (C=O) groups is 1. The van der Waals surface area contributed by atoms with E-state index in [1.807, 2.05) is 45.0 Å². The highest BCUT2D eigenvalue weighted by atomic mass is 79.9. The van der Waals surface area contributed by atoms with Crippen molar-refractivity contribution in [2.24, 2.45) is 0 Å². The molecule has 0 saturated carbocycles. The number of rotatable bonds is 4. The number of aryl methyl sites for hydroxylation is 1. The molecule has 7 heteroatoms. The highest BCUT2D eigenvalue weighted by molar-refractivity contribution is 9.10. The SMILES string of the molecule is CCN(c1cccc(C)c1)S(=O)(=O)c1cc2c(cc1Br)C[C@H](C)N2C(C)=O. The maximum absolute atomic E-state index is 13.4. The van der Waals surface area contributed by atoms with Gasteiger partial charge in [0.25, 0.3) is 10.0 Å². The lowest BCUT2D eigenvalue weighted by Crippen LogP contribution is -2.34. The quantitative estimate of drug-likeness (QED) is 0.698. The highest BCUT2D eigenvalue weighted by Gasteiger charge is 2.33. The molecular weight excluding hydrogens is 428 g/mol. The number of nitrogens with zero attached hydrogens (tertiary/aromatic N) is 2. The number of hydrogen-bond donors (Lipinski definition) is 0. The summed E-state index contributed by atoms with van der Waals surface area (Å²) in [6.45, 7) is 7.52. The maximum atomic E-state index is 13.4. The van der Waals surface area contributed by atoms with Crippen LogP contribution in [0.2, 0.25) is 0 Å². The summed E-state index contributed by atoms with van der Waals surface area (Å²) in [6.07, 6.45) is 0.712. The molecule has 2 aromatic rings. The fraction of sp³-hybridized carbons (Fsp3) is 0.350. The summed E-state index contributed by atoms with van der Waals surface area (Å²) in [5, 5.41) is 0. The van der Waals surface area contributed by atoms with Gasteiger partial charge in [-0.3, -0.25) is 9.10 Å². The smallest absolute Gasteiger partial charge is 0.265 e. The second-order valence-corrected chi connectivity index (χ2v) is 9.55. The molecule has 1 aliphatic heterocycles. The maximum Gasteiger partial charge on any atom is 0.265 e. The number of amides is 1. The van der Waals surface area contributed by atoms with Crippen molar-refractivity contribution in [3.63, 3.8) is 0 Å². The number of fused-ring (bicyclic) bond motifs is 1. The van der Waals surface area contributed by atoms with E-state index in [0.29, 0.717) is 28.8 Å². The predicted molar refractivity (Wildman–Crippen MR) is 112 cm³/mol. The number of carbonyl (C=O) groups excluding carboxylic acids is 1. The van der Waals surface area contributed by atoms with Gasteiger partial charge in [0.1, 0.15) is 4.90 Å². The topological polar surface area (TPSA) is 57.7 Å². The summed E-state index contributed by atoms with van der Waals surface area (Å²) in [5.74, 6) is -0.0852. The van der Waals surface area contributed by atoms with Crippen LogP contribution >= 0.6 is 15.9 Å². The summed E-state index contributed by atoms with van der Waals surface area (Å²) < 4.78 is 28.8. The number of benzene rings is 2. The lowest BCUT2D eigenvalue weighted by Gasteiger charge is -2.25. The second kappa shape index (κ2) is 7.28. The van der Waals surface area contributed by atoms with Crippen molar-refractivity contribution in [2.45, 2.75) is 45.1 Å². The third-order valence-electron chi connectivity index (χ3n) is 4.83. The molecule has 5 nitrogen and oxygen atoms in total. The van der Waals surface area contributed by atoms with Crippen molar-refractivity contribution in [3.8, 4) is 0 Å². The molecule has 1 heterocycles. The van der Waals surface area contributed by atoms with Crippen LogP contribution in [0.15, 0.2) is 45.8 Å². The fourth-order valence-corrected chi connectivity index (χ4v) is 6.23. The van der Waals surface area contributed by atoms with Gasteiger partial charge in [0.2, 0.25) is 5.91 Å². The Morgan fingerprint density at radius 2 is 2.00 bits per heavy atom. The standard InChI is InChI=1S/C20H23BrN2O3S/c1-5-22(17-8-6-7-13(2)9-17)27(25,26)20-12-19-16(11-18(20)21)10-14(3)23(19)15(4)24/h6-9,11-12,14H,5,10H2,1-4H3/t14-/m0/s1. The van der Waals surface area contributed by atoms with E-state index in [1.165, 1.54) is 11.2 Å². The number of hydrogen-bond acceptors (Lipinski definition) is 3. The van der Waals surface area contributed by atoms with E-state index in [9.17, 15) is 13.2 Å². The number of sulfonamides is 1. The van der Waals surface area contributed by atoms with Gasteiger partial charge < -0.3 is 4.90 Å². The van der Waals surface area contributed by atoms with Crippen LogP contribution in [-0.4, -0.2) is 26.9 Å². The predicted octanol–water partition coefficient (Wildman–Crippen LogP) is 4.27. The van der Waals surface area contributed by atoms with E-state index in [0.717, 1.165) is 11.1 Å². The first kappa shape index (κ1) is 19.9. The Balaban J connectivity index is 2.14. The van der Waals surface area contributed by atoms with E-state index in [4.69, 9.17) is 0 Å². The van der Waals surface area contributed by atoms with Crippen molar-refractivity contribution in [1.29, 1.82) is 0 Å². The van der Waals surface area contributed by atoms with E-state index >= 15 is 0 Å². The normalized spacial score (nSPS) is 16.3. The van der Waals surface area contributed by atoms with Gasteiger partial charge in [-0.2, -0.15) is 0 Å². The van der Waals surface area contributed by atoms with Crippen molar-refractivity contribution in [3.05, 3.63) is 52.0 Å². The molecule has 1 amide bonds. The van der Waals surface area contributed by atoms with E-state index in [2.05, 4.69) is 15.9 Å². The minimum absolute atomic E-state index is 0.0152. The molecule has 144 valence electrons. The first-order chi connectivity index (χ1) is 12.7. The molecule has 1 atom stereocenters. The summed E-state index contributed by atoms with van der Waals surface area (Å²) in [6, 6.07) is 10.9. The van der Waals surface area contributed by atoms with Crippen molar-refractivity contribution in [1.82, 2.24) is 0 Å². The molecule has 0 unspecified atom stereocenters. The Hall–Kier alpha value is -1.86. The molecule has 1 aliphatic rings. The molecular formula is C20H23BrN2O3S.